The van der Waals surface area contributed by atoms with Crippen LogP contribution in [0, 0.1) is 5.92 Å². The molecule has 1 nitrogen and oxygen atoms in total. The molecule has 2 heteroatoms. The maximum Gasteiger partial charge on any atom is 0.0325 e. The molecule has 2 aromatic rings. The Morgan fingerprint density at radius 2 is 1.75 bits per heavy atom. The number of rotatable bonds is 7. The fraction of sp³-hybridized carbons (Fsp3) is 0.444. The van der Waals surface area contributed by atoms with Gasteiger partial charge in [0.25, 0.3) is 0 Å². The normalized spacial score (nSPS) is 14.4. The van der Waals surface area contributed by atoms with Gasteiger partial charge in [-0.2, -0.15) is 0 Å². The molecule has 1 heterocycles. The molecule has 0 saturated heterocycles. The largest absolute Gasteiger partial charge is 0.307 e. The van der Waals surface area contributed by atoms with Crippen molar-refractivity contribution in [1.29, 1.82) is 0 Å². The first-order chi connectivity index (χ1) is 9.65. The van der Waals surface area contributed by atoms with Gasteiger partial charge in [-0.1, -0.05) is 50.2 Å². The quantitative estimate of drug-likeness (QED) is 0.751. The van der Waals surface area contributed by atoms with Crippen molar-refractivity contribution in [3.05, 3.63) is 58.3 Å². The van der Waals surface area contributed by atoms with Crippen LogP contribution in [0.25, 0.3) is 0 Å². The minimum Gasteiger partial charge on any atom is -0.307 e. The Kier molecular flexibility index (Phi) is 5.81. The molecule has 1 N–H and O–H groups in total. The van der Waals surface area contributed by atoms with Crippen LogP contribution in [-0.2, 0) is 6.42 Å². The fourth-order valence-corrected chi connectivity index (χ4v) is 3.43. The lowest BCUT2D eigenvalue weighted by atomic mass is 9.96. The van der Waals surface area contributed by atoms with E-state index in [0.29, 0.717) is 18.0 Å². The van der Waals surface area contributed by atoms with Crippen molar-refractivity contribution in [2.75, 3.05) is 0 Å². The van der Waals surface area contributed by atoms with E-state index in [2.05, 4.69) is 73.9 Å². The average Bonchev–Trinajstić information content (AvgIpc) is 2.91. The summed E-state index contributed by atoms with van der Waals surface area (Å²) in [4.78, 5) is 1.46. The van der Waals surface area contributed by atoms with Gasteiger partial charge in [-0.25, -0.2) is 0 Å². The van der Waals surface area contributed by atoms with E-state index in [-0.39, 0.29) is 0 Å². The summed E-state index contributed by atoms with van der Waals surface area (Å²) in [7, 11) is 0. The van der Waals surface area contributed by atoms with Gasteiger partial charge >= 0.3 is 0 Å². The van der Waals surface area contributed by atoms with Crippen molar-refractivity contribution in [3.8, 4) is 0 Å². The van der Waals surface area contributed by atoms with Gasteiger partial charge in [0.2, 0.25) is 0 Å². The van der Waals surface area contributed by atoms with Gasteiger partial charge in [0.1, 0.15) is 0 Å². The third kappa shape index (κ3) is 4.77. The highest BCUT2D eigenvalue weighted by Gasteiger charge is 2.16. The number of hydrogen-bond acceptors (Lipinski definition) is 2. The summed E-state index contributed by atoms with van der Waals surface area (Å²) in [6.07, 6.45) is 2.29. The molecule has 2 rings (SSSR count). The van der Waals surface area contributed by atoms with E-state index in [9.17, 15) is 0 Å². The summed E-state index contributed by atoms with van der Waals surface area (Å²) in [6.45, 7) is 6.87. The van der Waals surface area contributed by atoms with E-state index < -0.39 is 0 Å². The third-order valence-corrected chi connectivity index (χ3v) is 4.38. The van der Waals surface area contributed by atoms with Crippen molar-refractivity contribution < 1.29 is 0 Å². The molecule has 108 valence electrons. The molecule has 0 radical (unpaired) electrons. The summed E-state index contributed by atoms with van der Waals surface area (Å²) >= 11 is 1.85. The van der Waals surface area contributed by atoms with Gasteiger partial charge in [-0.15, -0.1) is 11.3 Å². The molecule has 2 atom stereocenters. The van der Waals surface area contributed by atoms with E-state index in [1.807, 2.05) is 11.3 Å². The van der Waals surface area contributed by atoms with E-state index in [1.165, 1.54) is 16.9 Å². The van der Waals surface area contributed by atoms with Crippen molar-refractivity contribution in [2.45, 2.75) is 45.7 Å². The highest BCUT2D eigenvalue weighted by Crippen LogP contribution is 2.22. The van der Waals surface area contributed by atoms with E-state index in [0.717, 1.165) is 6.42 Å². The van der Waals surface area contributed by atoms with E-state index in [1.54, 1.807) is 0 Å². The van der Waals surface area contributed by atoms with Crippen LogP contribution in [0.4, 0.5) is 0 Å². The predicted octanol–water partition coefficient (Wildman–Crippen LogP) is 5.06. The highest BCUT2D eigenvalue weighted by atomic mass is 32.1. The zero-order valence-corrected chi connectivity index (χ0v) is 13.5. The first kappa shape index (κ1) is 15.3. The van der Waals surface area contributed by atoms with Crippen LogP contribution in [0.1, 0.15) is 43.7 Å². The Labute approximate surface area is 127 Å². The molecule has 1 aromatic carbocycles. The Morgan fingerprint density at radius 3 is 2.35 bits per heavy atom. The number of thiophene rings is 1. The second-order valence-corrected chi connectivity index (χ2v) is 6.98. The van der Waals surface area contributed by atoms with Crippen molar-refractivity contribution in [1.82, 2.24) is 5.32 Å². The second-order valence-electron chi connectivity index (χ2n) is 5.94. The first-order valence-electron chi connectivity index (χ1n) is 7.48. The molecular weight excluding hydrogens is 262 g/mol. The van der Waals surface area contributed by atoms with Crippen LogP contribution in [-0.4, -0.2) is 6.04 Å². The van der Waals surface area contributed by atoms with Crippen LogP contribution < -0.4 is 5.32 Å². The molecule has 0 aliphatic heterocycles. The Morgan fingerprint density at radius 1 is 1.00 bits per heavy atom. The van der Waals surface area contributed by atoms with Crippen molar-refractivity contribution in [2.24, 2.45) is 5.92 Å². The molecule has 20 heavy (non-hydrogen) atoms. The van der Waals surface area contributed by atoms with Crippen LogP contribution in [0.3, 0.4) is 0 Å². The fourth-order valence-electron chi connectivity index (χ4n) is 2.59. The van der Waals surface area contributed by atoms with Gasteiger partial charge < -0.3 is 5.32 Å². The first-order valence-corrected chi connectivity index (χ1v) is 8.36. The lowest BCUT2D eigenvalue weighted by Crippen LogP contribution is -2.32. The zero-order valence-electron chi connectivity index (χ0n) is 12.7. The molecule has 0 amide bonds. The van der Waals surface area contributed by atoms with Crippen molar-refractivity contribution >= 4 is 11.3 Å². The van der Waals surface area contributed by atoms with Crippen molar-refractivity contribution in [3.63, 3.8) is 0 Å². The third-order valence-electron chi connectivity index (χ3n) is 3.48. The summed E-state index contributed by atoms with van der Waals surface area (Å²) in [5.74, 6) is 0.696. The number of hydrogen-bond donors (Lipinski definition) is 1. The summed E-state index contributed by atoms with van der Waals surface area (Å²) in [5, 5.41) is 5.97. The van der Waals surface area contributed by atoms with Crippen LogP contribution in [0.15, 0.2) is 47.8 Å². The standard InChI is InChI=1S/C18H25NS/c1-14(2)12-18(16-8-5-4-6-9-16)19-15(3)13-17-10-7-11-20-17/h4-11,14-15,18-19H,12-13H2,1-3H3. The minimum atomic E-state index is 0.450. The average molecular weight is 287 g/mol. The molecule has 0 saturated carbocycles. The summed E-state index contributed by atoms with van der Waals surface area (Å²) in [5.41, 5.74) is 1.40. The minimum absolute atomic E-state index is 0.450. The summed E-state index contributed by atoms with van der Waals surface area (Å²) < 4.78 is 0. The molecule has 0 spiro atoms. The Bertz CT molecular complexity index is 475. The SMILES string of the molecule is CC(C)CC(NC(C)Cc1cccs1)c1ccccc1. The zero-order chi connectivity index (χ0) is 14.4. The lowest BCUT2D eigenvalue weighted by molar-refractivity contribution is 0.389. The van der Waals surface area contributed by atoms with Gasteiger partial charge in [0.15, 0.2) is 0 Å². The van der Waals surface area contributed by atoms with Gasteiger partial charge in [-0.3, -0.25) is 0 Å². The van der Waals surface area contributed by atoms with Gasteiger partial charge in [-0.05, 0) is 42.7 Å². The molecule has 0 aliphatic rings. The molecular formula is C18H25NS. The maximum atomic E-state index is 3.81. The molecule has 2 unspecified atom stereocenters. The van der Waals surface area contributed by atoms with E-state index in [4.69, 9.17) is 0 Å². The van der Waals surface area contributed by atoms with Gasteiger partial charge in [0, 0.05) is 17.0 Å². The monoisotopic (exact) mass is 287 g/mol. The number of nitrogens with one attached hydrogen (secondary N) is 1. The molecule has 0 fully saturated rings. The molecule has 0 bridgehead atoms. The van der Waals surface area contributed by atoms with Crippen LogP contribution >= 0.6 is 11.3 Å². The Hall–Kier alpha value is -1.12. The predicted molar refractivity (Wildman–Crippen MR) is 89.3 cm³/mol. The molecule has 1 aromatic heterocycles. The summed E-state index contributed by atoms with van der Waals surface area (Å²) in [6, 6.07) is 16.1. The highest BCUT2D eigenvalue weighted by molar-refractivity contribution is 7.09. The van der Waals surface area contributed by atoms with Crippen LogP contribution in [0.5, 0.6) is 0 Å². The topological polar surface area (TPSA) is 12.0 Å². The lowest BCUT2D eigenvalue weighted by Gasteiger charge is -2.25. The smallest absolute Gasteiger partial charge is 0.0325 e. The maximum absolute atomic E-state index is 3.81. The van der Waals surface area contributed by atoms with Crippen LogP contribution in [0.2, 0.25) is 0 Å². The second kappa shape index (κ2) is 7.61. The number of benzene rings is 1. The molecule has 0 aliphatic carbocycles. The Balaban J connectivity index is 2.00. The van der Waals surface area contributed by atoms with E-state index >= 15 is 0 Å². The van der Waals surface area contributed by atoms with Gasteiger partial charge in [0.05, 0.1) is 0 Å².